The fraction of sp³-hybridized carbons (Fsp3) is 0.150. The number of pyridine rings is 1. The molecule has 0 amide bonds. The second-order valence-corrected chi connectivity index (χ2v) is 6.10. The fourth-order valence-corrected chi connectivity index (χ4v) is 2.93. The molecule has 0 unspecified atom stereocenters. The van der Waals surface area contributed by atoms with Crippen LogP contribution in [0, 0.1) is 0 Å². The molecule has 3 heterocycles. The zero-order valence-electron chi connectivity index (χ0n) is 16.2. The third-order valence-electron chi connectivity index (χ3n) is 4.34. The van der Waals surface area contributed by atoms with E-state index in [0.717, 1.165) is 16.7 Å². The van der Waals surface area contributed by atoms with E-state index in [1.165, 1.54) is 0 Å². The molecule has 4 rings (SSSR count). The summed E-state index contributed by atoms with van der Waals surface area (Å²) >= 11 is 0. The zero-order valence-corrected chi connectivity index (χ0v) is 17.9. The second-order valence-electron chi connectivity index (χ2n) is 6.10. The van der Waals surface area contributed by atoms with Crippen molar-refractivity contribution >= 4 is 54.4 Å². The number of nitrogens with zero attached hydrogens (tertiary/aromatic N) is 3. The number of halogens is 2. The normalized spacial score (nSPS) is 12.7. The van der Waals surface area contributed by atoms with Crippen molar-refractivity contribution in [1.82, 2.24) is 15.0 Å². The molecule has 0 atom stereocenters. The molecule has 1 aromatic carbocycles. The van der Waals surface area contributed by atoms with Gasteiger partial charge in [-0.25, -0.2) is 9.98 Å². The van der Waals surface area contributed by atoms with E-state index in [-0.39, 0.29) is 30.7 Å². The Labute approximate surface area is 185 Å². The van der Waals surface area contributed by atoms with Gasteiger partial charge in [-0.3, -0.25) is 0 Å². The quantitative estimate of drug-likeness (QED) is 0.519. The van der Waals surface area contributed by atoms with Crippen LogP contribution in [0.15, 0.2) is 41.5 Å². The van der Waals surface area contributed by atoms with Crippen LogP contribution in [0.25, 0.3) is 11.6 Å². The number of ether oxygens (including phenoxy) is 2. The number of imidazole rings is 1. The monoisotopic (exact) mass is 449 g/mol. The standard InChI is InChI=1S/C20H19N5O3.2ClH/c1-27-16-6-5-12(8-17(16)28-2)10-23-20-24-15(19(26)25-20)9-13-11-22-18-14(13)4-3-7-21-18;;/h3-9,11,26H,10H2,1-2H3,(H2,23,24,25);2*1H/b13-9+;;. The molecule has 3 N–H and O–H groups in total. The van der Waals surface area contributed by atoms with Gasteiger partial charge in [-0.2, -0.15) is 4.98 Å². The van der Waals surface area contributed by atoms with Crippen molar-refractivity contribution in [1.29, 1.82) is 0 Å². The Morgan fingerprint density at radius 3 is 2.70 bits per heavy atom. The van der Waals surface area contributed by atoms with E-state index in [1.807, 2.05) is 30.3 Å². The van der Waals surface area contributed by atoms with Crippen LogP contribution < -0.4 is 14.8 Å². The number of hydrogen-bond donors (Lipinski definition) is 3. The van der Waals surface area contributed by atoms with E-state index in [0.29, 0.717) is 35.5 Å². The summed E-state index contributed by atoms with van der Waals surface area (Å²) < 4.78 is 10.6. The van der Waals surface area contributed by atoms with Crippen LogP contribution in [0.4, 0.5) is 11.8 Å². The summed E-state index contributed by atoms with van der Waals surface area (Å²) in [5.41, 5.74) is 3.24. The van der Waals surface area contributed by atoms with Gasteiger partial charge in [0.25, 0.3) is 0 Å². The van der Waals surface area contributed by atoms with Gasteiger partial charge in [0, 0.05) is 30.1 Å². The molecule has 1 aliphatic heterocycles. The first-order chi connectivity index (χ1) is 13.7. The molecule has 3 aromatic rings. The lowest BCUT2D eigenvalue weighted by Gasteiger charge is -2.09. The summed E-state index contributed by atoms with van der Waals surface area (Å²) in [7, 11) is 3.19. The van der Waals surface area contributed by atoms with Crippen molar-refractivity contribution < 1.29 is 14.6 Å². The first-order valence-electron chi connectivity index (χ1n) is 8.63. The van der Waals surface area contributed by atoms with Crippen molar-refractivity contribution in [3.05, 3.63) is 53.3 Å². The van der Waals surface area contributed by atoms with E-state index >= 15 is 0 Å². The van der Waals surface area contributed by atoms with Crippen LogP contribution in [0.1, 0.15) is 16.8 Å². The lowest BCUT2D eigenvalue weighted by atomic mass is 10.1. The maximum Gasteiger partial charge on any atom is 0.238 e. The first-order valence-corrected chi connectivity index (χ1v) is 8.63. The summed E-state index contributed by atoms with van der Waals surface area (Å²) in [6.07, 6.45) is 5.21. The molecule has 2 aromatic heterocycles. The number of methoxy groups -OCH3 is 2. The number of nitrogens with one attached hydrogen (secondary N) is 2. The molecule has 0 spiro atoms. The van der Waals surface area contributed by atoms with Crippen LogP contribution in [-0.2, 0) is 6.54 Å². The summed E-state index contributed by atoms with van der Waals surface area (Å²) in [6, 6.07) is 9.45. The highest BCUT2D eigenvalue weighted by atomic mass is 35.5. The van der Waals surface area contributed by atoms with Crippen molar-refractivity contribution in [3.63, 3.8) is 0 Å². The Morgan fingerprint density at radius 2 is 1.93 bits per heavy atom. The molecule has 0 fully saturated rings. The Hall–Kier alpha value is -3.23. The van der Waals surface area contributed by atoms with Crippen LogP contribution in [-0.4, -0.2) is 40.5 Å². The SMILES string of the molecule is COc1ccc(CNc2nc(O)c(/C=C3\C=Nc4ncccc43)[nH]2)cc1OC.Cl.Cl. The number of benzene rings is 1. The number of aliphatic imine (C=N–C) groups is 1. The number of H-pyrrole nitrogens is 1. The lowest BCUT2D eigenvalue weighted by molar-refractivity contribution is 0.354. The Balaban J connectivity index is 0.00000160. The molecule has 30 heavy (non-hydrogen) atoms. The van der Waals surface area contributed by atoms with Gasteiger partial charge in [-0.05, 0) is 35.9 Å². The Kier molecular flexibility index (Phi) is 7.68. The number of fused-ring (bicyclic) bond motifs is 1. The Bertz CT molecular complexity index is 1080. The van der Waals surface area contributed by atoms with Gasteiger partial charge in [0.05, 0.1) is 14.2 Å². The lowest BCUT2D eigenvalue weighted by Crippen LogP contribution is -2.01. The van der Waals surface area contributed by atoms with Gasteiger partial charge >= 0.3 is 0 Å². The molecule has 1 aliphatic rings. The van der Waals surface area contributed by atoms with E-state index in [2.05, 4.69) is 25.3 Å². The number of aromatic amines is 1. The van der Waals surface area contributed by atoms with Gasteiger partial charge in [0.1, 0.15) is 5.69 Å². The summed E-state index contributed by atoms with van der Waals surface area (Å²) in [6.45, 7) is 0.498. The van der Waals surface area contributed by atoms with Crippen molar-refractivity contribution in [2.24, 2.45) is 4.99 Å². The number of anilines is 1. The third kappa shape index (κ3) is 4.67. The number of aromatic nitrogens is 3. The minimum absolute atomic E-state index is 0. The van der Waals surface area contributed by atoms with Crippen LogP contribution in [0.5, 0.6) is 17.4 Å². The molecule has 158 valence electrons. The molecule has 0 bridgehead atoms. The third-order valence-corrected chi connectivity index (χ3v) is 4.34. The smallest absolute Gasteiger partial charge is 0.238 e. The molecular formula is C20H21Cl2N5O3. The van der Waals surface area contributed by atoms with Gasteiger partial charge in [-0.15, -0.1) is 24.8 Å². The van der Waals surface area contributed by atoms with Gasteiger partial charge < -0.3 is 24.9 Å². The highest BCUT2D eigenvalue weighted by Gasteiger charge is 2.15. The number of allylic oxidation sites excluding steroid dienone is 1. The molecule has 0 saturated heterocycles. The van der Waals surface area contributed by atoms with Gasteiger partial charge in [-0.1, -0.05) is 6.07 Å². The van der Waals surface area contributed by atoms with Crippen molar-refractivity contribution in [2.75, 3.05) is 19.5 Å². The minimum atomic E-state index is -0.0898. The van der Waals surface area contributed by atoms with Crippen LogP contribution >= 0.6 is 24.8 Å². The fourth-order valence-electron chi connectivity index (χ4n) is 2.93. The van der Waals surface area contributed by atoms with Crippen molar-refractivity contribution in [2.45, 2.75) is 6.54 Å². The molecule has 8 nitrogen and oxygen atoms in total. The summed E-state index contributed by atoms with van der Waals surface area (Å²) in [4.78, 5) is 15.7. The van der Waals surface area contributed by atoms with E-state index in [4.69, 9.17) is 9.47 Å². The predicted octanol–water partition coefficient (Wildman–Crippen LogP) is 4.24. The number of aromatic hydroxyl groups is 1. The second kappa shape index (κ2) is 10.00. The molecular weight excluding hydrogens is 429 g/mol. The molecule has 0 saturated carbocycles. The maximum absolute atomic E-state index is 10.2. The predicted molar refractivity (Wildman–Crippen MR) is 122 cm³/mol. The number of hydrogen-bond acceptors (Lipinski definition) is 7. The first kappa shape index (κ1) is 23.1. The highest BCUT2D eigenvalue weighted by molar-refractivity contribution is 6.20. The van der Waals surface area contributed by atoms with Gasteiger partial charge in [0.2, 0.25) is 11.8 Å². The number of rotatable bonds is 6. The summed E-state index contributed by atoms with van der Waals surface area (Å²) in [5, 5.41) is 13.3. The average molecular weight is 450 g/mol. The molecule has 0 aliphatic carbocycles. The highest BCUT2D eigenvalue weighted by Crippen LogP contribution is 2.32. The van der Waals surface area contributed by atoms with E-state index < -0.39 is 0 Å². The molecule has 0 radical (unpaired) electrons. The zero-order chi connectivity index (χ0) is 19.5. The van der Waals surface area contributed by atoms with Crippen LogP contribution in [0.2, 0.25) is 0 Å². The topological polar surface area (TPSA) is 105 Å². The largest absolute Gasteiger partial charge is 0.493 e. The Morgan fingerprint density at radius 1 is 1.13 bits per heavy atom. The molecule has 10 heteroatoms. The summed E-state index contributed by atoms with van der Waals surface area (Å²) in [5.74, 6) is 2.36. The average Bonchev–Trinajstić information content (AvgIpc) is 3.30. The maximum atomic E-state index is 10.2. The van der Waals surface area contributed by atoms with Crippen LogP contribution in [0.3, 0.4) is 0 Å². The van der Waals surface area contributed by atoms with Crippen molar-refractivity contribution in [3.8, 4) is 17.4 Å². The van der Waals surface area contributed by atoms with E-state index in [1.54, 1.807) is 32.7 Å². The minimum Gasteiger partial charge on any atom is -0.493 e. The van der Waals surface area contributed by atoms with Gasteiger partial charge in [0.15, 0.2) is 17.3 Å². The van der Waals surface area contributed by atoms with E-state index in [9.17, 15) is 5.11 Å².